The van der Waals surface area contributed by atoms with Gasteiger partial charge in [-0.15, -0.1) is 0 Å². The van der Waals surface area contributed by atoms with Gasteiger partial charge in [-0.3, -0.25) is 4.99 Å². The molecule has 0 aromatic heterocycles. The molecule has 0 unspecified atom stereocenters. The Hall–Kier alpha value is -0.770. The summed E-state index contributed by atoms with van der Waals surface area (Å²) in [6, 6.07) is 0. The molecule has 0 radical (unpaired) electrons. The lowest BCUT2D eigenvalue weighted by Crippen LogP contribution is -2.32. The number of hydrogen-bond donors (Lipinski definition) is 3. The van der Waals surface area contributed by atoms with Crippen LogP contribution >= 0.6 is 0 Å². The summed E-state index contributed by atoms with van der Waals surface area (Å²) in [5, 5.41) is 0. The van der Waals surface area contributed by atoms with Crippen LogP contribution in [0.1, 0.15) is 26.7 Å². The average Bonchev–Trinajstić information content (AvgIpc) is 1.78. The first-order valence-corrected chi connectivity index (χ1v) is 3.76. The minimum absolute atomic E-state index is 0.112. The molecule has 0 amide bonds. The molecular weight excluding hydrogens is 140 g/mol. The van der Waals surface area contributed by atoms with Gasteiger partial charge in [0.15, 0.2) is 5.96 Å². The van der Waals surface area contributed by atoms with E-state index in [0.717, 1.165) is 12.8 Å². The third-order valence-corrected chi connectivity index (χ3v) is 1.27. The van der Waals surface area contributed by atoms with E-state index >= 15 is 0 Å². The number of hydrogen-bond acceptors (Lipinski definition) is 2. The van der Waals surface area contributed by atoms with E-state index in [1.54, 1.807) is 0 Å². The molecule has 66 valence electrons. The van der Waals surface area contributed by atoms with Crippen LogP contribution in [0.5, 0.6) is 0 Å². The van der Waals surface area contributed by atoms with Crippen molar-refractivity contribution in [3.8, 4) is 0 Å². The second-order valence-corrected chi connectivity index (χ2v) is 3.40. The van der Waals surface area contributed by atoms with Crippen LogP contribution < -0.4 is 17.2 Å². The number of guanidine groups is 1. The van der Waals surface area contributed by atoms with Crippen molar-refractivity contribution in [3.05, 3.63) is 0 Å². The lowest BCUT2D eigenvalue weighted by atomic mass is 10.0. The number of nitrogens with zero attached hydrogens (tertiary/aromatic N) is 1. The van der Waals surface area contributed by atoms with Gasteiger partial charge in [0.25, 0.3) is 0 Å². The van der Waals surface area contributed by atoms with Crippen LogP contribution in [-0.2, 0) is 0 Å². The average molecular weight is 158 g/mol. The van der Waals surface area contributed by atoms with Crippen LogP contribution in [0.15, 0.2) is 4.99 Å². The van der Waals surface area contributed by atoms with Gasteiger partial charge in [-0.25, -0.2) is 0 Å². The molecule has 6 N–H and O–H groups in total. The van der Waals surface area contributed by atoms with Crippen LogP contribution in [0.4, 0.5) is 0 Å². The molecule has 0 rings (SSSR count). The van der Waals surface area contributed by atoms with Gasteiger partial charge in [0, 0.05) is 12.1 Å². The summed E-state index contributed by atoms with van der Waals surface area (Å²) in [7, 11) is 0. The second kappa shape index (κ2) is 4.18. The Morgan fingerprint density at radius 2 is 1.91 bits per heavy atom. The summed E-state index contributed by atoms with van der Waals surface area (Å²) in [4.78, 5) is 3.84. The van der Waals surface area contributed by atoms with Crippen molar-refractivity contribution in [2.75, 3.05) is 6.54 Å². The Labute approximate surface area is 67.8 Å². The molecule has 0 aromatic rings. The smallest absolute Gasteiger partial charge is 0.185 e. The SMILES string of the molecule is CC(C)(N)CCCN=C(N)N. The molecule has 0 spiro atoms. The van der Waals surface area contributed by atoms with Crippen molar-refractivity contribution < 1.29 is 0 Å². The topological polar surface area (TPSA) is 90.4 Å². The van der Waals surface area contributed by atoms with Crippen molar-refractivity contribution in [1.82, 2.24) is 0 Å². The Kier molecular flexibility index (Phi) is 3.89. The molecule has 0 saturated carbocycles. The summed E-state index contributed by atoms with van der Waals surface area (Å²) in [6.45, 7) is 4.65. The summed E-state index contributed by atoms with van der Waals surface area (Å²) in [5.41, 5.74) is 15.9. The lowest BCUT2D eigenvalue weighted by Gasteiger charge is -2.16. The summed E-state index contributed by atoms with van der Waals surface area (Å²) < 4.78 is 0. The molecule has 0 atom stereocenters. The summed E-state index contributed by atoms with van der Waals surface area (Å²) in [5.74, 6) is 0.153. The highest BCUT2D eigenvalue weighted by Gasteiger charge is 2.08. The van der Waals surface area contributed by atoms with E-state index in [-0.39, 0.29) is 11.5 Å². The molecule has 0 aliphatic carbocycles. The van der Waals surface area contributed by atoms with Crippen LogP contribution in [0.3, 0.4) is 0 Å². The quantitative estimate of drug-likeness (QED) is 0.300. The van der Waals surface area contributed by atoms with Gasteiger partial charge in [-0.1, -0.05) is 0 Å². The molecule has 4 heteroatoms. The second-order valence-electron chi connectivity index (χ2n) is 3.40. The molecule has 0 aliphatic heterocycles. The largest absolute Gasteiger partial charge is 0.370 e. The van der Waals surface area contributed by atoms with Gasteiger partial charge in [0.2, 0.25) is 0 Å². The zero-order valence-corrected chi connectivity index (χ0v) is 7.30. The maximum atomic E-state index is 5.74. The summed E-state index contributed by atoms with van der Waals surface area (Å²) >= 11 is 0. The summed E-state index contributed by atoms with van der Waals surface area (Å²) in [6.07, 6.45) is 1.87. The zero-order valence-electron chi connectivity index (χ0n) is 7.30. The van der Waals surface area contributed by atoms with Gasteiger partial charge >= 0.3 is 0 Å². The number of aliphatic imine (C=N–C) groups is 1. The Morgan fingerprint density at radius 3 is 2.27 bits per heavy atom. The van der Waals surface area contributed by atoms with Crippen molar-refractivity contribution in [2.45, 2.75) is 32.2 Å². The molecule has 0 saturated heterocycles. The molecule has 0 bridgehead atoms. The molecule has 11 heavy (non-hydrogen) atoms. The molecule has 0 fully saturated rings. The number of rotatable bonds is 4. The van der Waals surface area contributed by atoms with E-state index in [4.69, 9.17) is 17.2 Å². The van der Waals surface area contributed by atoms with Crippen LogP contribution in [0, 0.1) is 0 Å². The van der Waals surface area contributed by atoms with Crippen LogP contribution in [-0.4, -0.2) is 18.0 Å². The highest BCUT2D eigenvalue weighted by molar-refractivity contribution is 5.75. The van der Waals surface area contributed by atoms with Crippen LogP contribution in [0.2, 0.25) is 0 Å². The fraction of sp³-hybridized carbons (Fsp3) is 0.857. The van der Waals surface area contributed by atoms with E-state index in [2.05, 4.69) is 4.99 Å². The van der Waals surface area contributed by atoms with E-state index in [9.17, 15) is 0 Å². The van der Waals surface area contributed by atoms with Crippen molar-refractivity contribution in [3.63, 3.8) is 0 Å². The van der Waals surface area contributed by atoms with E-state index < -0.39 is 0 Å². The third kappa shape index (κ3) is 9.23. The van der Waals surface area contributed by atoms with Crippen molar-refractivity contribution in [2.24, 2.45) is 22.2 Å². The standard InChI is InChI=1S/C7H18N4/c1-7(2,10)4-3-5-11-6(8)9/h3-5,10H2,1-2H3,(H4,8,9,11). The molecule has 4 nitrogen and oxygen atoms in total. The molecule has 0 heterocycles. The first kappa shape index (κ1) is 10.2. The highest BCUT2D eigenvalue weighted by atomic mass is 15.0. The van der Waals surface area contributed by atoms with E-state index in [1.165, 1.54) is 0 Å². The minimum Gasteiger partial charge on any atom is -0.370 e. The maximum absolute atomic E-state index is 5.74. The Balaban J connectivity index is 3.36. The maximum Gasteiger partial charge on any atom is 0.185 e. The van der Waals surface area contributed by atoms with Gasteiger partial charge in [-0.05, 0) is 26.7 Å². The Morgan fingerprint density at radius 1 is 1.36 bits per heavy atom. The molecular formula is C7H18N4. The highest BCUT2D eigenvalue weighted by Crippen LogP contribution is 2.06. The van der Waals surface area contributed by atoms with E-state index in [1.807, 2.05) is 13.8 Å². The zero-order chi connectivity index (χ0) is 8.91. The normalized spacial score (nSPS) is 11.2. The lowest BCUT2D eigenvalue weighted by molar-refractivity contribution is 0.463. The predicted molar refractivity (Wildman–Crippen MR) is 48.2 cm³/mol. The van der Waals surface area contributed by atoms with Crippen LogP contribution in [0.25, 0.3) is 0 Å². The molecule has 0 aromatic carbocycles. The third-order valence-electron chi connectivity index (χ3n) is 1.27. The van der Waals surface area contributed by atoms with Crippen molar-refractivity contribution >= 4 is 5.96 Å². The van der Waals surface area contributed by atoms with Gasteiger partial charge in [0.05, 0.1) is 0 Å². The fourth-order valence-corrected chi connectivity index (χ4v) is 0.743. The predicted octanol–water partition coefficient (Wildman–Crippen LogP) is -0.223. The first-order valence-electron chi connectivity index (χ1n) is 3.76. The van der Waals surface area contributed by atoms with Gasteiger partial charge < -0.3 is 17.2 Å². The fourth-order valence-electron chi connectivity index (χ4n) is 0.743. The monoisotopic (exact) mass is 158 g/mol. The Bertz CT molecular complexity index is 130. The minimum atomic E-state index is -0.112. The number of nitrogens with two attached hydrogens (primary N) is 3. The van der Waals surface area contributed by atoms with Gasteiger partial charge in [-0.2, -0.15) is 0 Å². The van der Waals surface area contributed by atoms with Crippen molar-refractivity contribution in [1.29, 1.82) is 0 Å². The first-order chi connectivity index (χ1) is 4.92. The molecule has 0 aliphatic rings. The van der Waals surface area contributed by atoms with E-state index in [0.29, 0.717) is 6.54 Å². The van der Waals surface area contributed by atoms with Gasteiger partial charge in [0.1, 0.15) is 0 Å².